The SMILES string of the molecule is CC1=CC(=C(CC(c2ccc(N3CCC(C(=O)O)CC3)cc2)c2ccccc2C)[N+](=O)[O-])C=CN1. The number of benzene rings is 2. The van der Waals surface area contributed by atoms with Crippen LogP contribution in [0.15, 0.2) is 83.9 Å². The van der Waals surface area contributed by atoms with Crippen molar-refractivity contribution in [3.05, 3.63) is 111 Å². The van der Waals surface area contributed by atoms with Crippen molar-refractivity contribution >= 4 is 11.7 Å². The zero-order valence-corrected chi connectivity index (χ0v) is 20.1. The molecule has 1 saturated heterocycles. The second-order valence-electron chi connectivity index (χ2n) is 9.27. The van der Waals surface area contributed by atoms with Crippen molar-refractivity contribution in [1.82, 2.24) is 5.32 Å². The molecule has 2 aliphatic rings. The van der Waals surface area contributed by atoms with Crippen molar-refractivity contribution in [2.75, 3.05) is 18.0 Å². The number of hydrogen-bond donors (Lipinski definition) is 2. The summed E-state index contributed by atoms with van der Waals surface area (Å²) >= 11 is 0. The van der Waals surface area contributed by atoms with Gasteiger partial charge in [0.05, 0.1) is 22.8 Å². The summed E-state index contributed by atoms with van der Waals surface area (Å²) in [4.78, 5) is 25.4. The highest BCUT2D eigenvalue weighted by atomic mass is 16.6. The molecule has 182 valence electrons. The minimum absolute atomic E-state index is 0.173. The van der Waals surface area contributed by atoms with Gasteiger partial charge in [0.2, 0.25) is 0 Å². The van der Waals surface area contributed by atoms with E-state index in [9.17, 15) is 20.0 Å². The van der Waals surface area contributed by atoms with Gasteiger partial charge in [0.15, 0.2) is 0 Å². The Balaban J connectivity index is 1.65. The normalized spacial score (nSPS) is 18.5. The lowest BCUT2D eigenvalue weighted by molar-refractivity contribution is -0.429. The first kappa shape index (κ1) is 24.3. The summed E-state index contributed by atoms with van der Waals surface area (Å²) in [5, 5.41) is 24.5. The molecule has 4 rings (SSSR count). The van der Waals surface area contributed by atoms with Gasteiger partial charge in [-0.1, -0.05) is 36.4 Å². The third-order valence-electron chi connectivity index (χ3n) is 6.97. The summed E-state index contributed by atoms with van der Waals surface area (Å²) in [5.41, 5.74) is 5.90. The number of dihydropyridines is 1. The number of hydrogen-bond acceptors (Lipinski definition) is 5. The van der Waals surface area contributed by atoms with Crippen LogP contribution in [0, 0.1) is 23.0 Å². The number of aliphatic carboxylic acids is 1. The molecule has 7 heteroatoms. The number of carboxylic acid groups (broad SMARTS) is 1. The summed E-state index contributed by atoms with van der Waals surface area (Å²) < 4.78 is 0. The van der Waals surface area contributed by atoms with E-state index in [1.807, 2.05) is 44.2 Å². The van der Waals surface area contributed by atoms with Crippen LogP contribution in [0.1, 0.15) is 48.8 Å². The highest BCUT2D eigenvalue weighted by Gasteiger charge is 2.27. The number of anilines is 1. The fraction of sp³-hybridized carbons (Fsp3) is 0.321. The molecule has 0 saturated carbocycles. The van der Waals surface area contributed by atoms with Gasteiger partial charge in [-0.3, -0.25) is 14.9 Å². The van der Waals surface area contributed by atoms with Gasteiger partial charge in [-0.2, -0.15) is 0 Å². The average Bonchev–Trinajstić information content (AvgIpc) is 2.85. The average molecular weight is 474 g/mol. The Kier molecular flexibility index (Phi) is 7.34. The highest BCUT2D eigenvalue weighted by molar-refractivity contribution is 5.70. The smallest absolute Gasteiger partial charge is 0.306 e. The van der Waals surface area contributed by atoms with E-state index >= 15 is 0 Å². The predicted octanol–water partition coefficient (Wildman–Crippen LogP) is 5.37. The van der Waals surface area contributed by atoms with Gasteiger partial charge in [0.1, 0.15) is 0 Å². The van der Waals surface area contributed by atoms with E-state index in [0.29, 0.717) is 31.5 Å². The summed E-state index contributed by atoms with van der Waals surface area (Å²) in [6, 6.07) is 16.2. The minimum atomic E-state index is -0.717. The Bertz CT molecular complexity index is 1190. The minimum Gasteiger partial charge on any atom is -0.481 e. The van der Waals surface area contributed by atoms with E-state index in [1.54, 1.807) is 12.3 Å². The molecule has 1 atom stereocenters. The third kappa shape index (κ3) is 5.62. The topological polar surface area (TPSA) is 95.7 Å². The number of allylic oxidation sites excluding steroid dienone is 5. The standard InChI is InChI=1S/C28H31N3O4/c1-19-5-3-4-6-25(19)26(18-27(31(34)35)23-11-14-29-20(2)17-23)21-7-9-24(10-8-21)30-15-12-22(13-16-30)28(32)33/h3-11,14,17,22,26,29H,12-13,15-16,18H2,1-2H3,(H,32,33). The lowest BCUT2D eigenvalue weighted by Crippen LogP contribution is -2.36. The monoisotopic (exact) mass is 473 g/mol. The van der Waals surface area contributed by atoms with Gasteiger partial charge >= 0.3 is 5.97 Å². The molecule has 0 radical (unpaired) electrons. The Morgan fingerprint density at radius 3 is 2.43 bits per heavy atom. The fourth-order valence-corrected chi connectivity index (χ4v) is 4.94. The molecule has 2 aromatic rings. The maximum Gasteiger partial charge on any atom is 0.306 e. The summed E-state index contributed by atoms with van der Waals surface area (Å²) in [6.07, 6.45) is 6.85. The van der Waals surface area contributed by atoms with Crippen LogP contribution in [0.25, 0.3) is 0 Å². The van der Waals surface area contributed by atoms with E-state index < -0.39 is 5.97 Å². The van der Waals surface area contributed by atoms with Crippen LogP contribution in [0.5, 0.6) is 0 Å². The maximum atomic E-state index is 12.1. The molecule has 35 heavy (non-hydrogen) atoms. The Labute approximate surface area is 205 Å². The molecule has 0 aromatic heterocycles. The second kappa shape index (κ2) is 10.6. The molecular formula is C28H31N3O4. The molecule has 2 N–H and O–H groups in total. The van der Waals surface area contributed by atoms with Crippen LogP contribution < -0.4 is 10.2 Å². The molecule has 2 aliphatic heterocycles. The predicted molar refractivity (Wildman–Crippen MR) is 137 cm³/mol. The van der Waals surface area contributed by atoms with Gasteiger partial charge in [-0.25, -0.2) is 0 Å². The van der Waals surface area contributed by atoms with Gasteiger partial charge in [0.25, 0.3) is 5.70 Å². The van der Waals surface area contributed by atoms with Crippen LogP contribution >= 0.6 is 0 Å². The summed E-state index contributed by atoms with van der Waals surface area (Å²) in [7, 11) is 0. The molecule has 0 amide bonds. The Morgan fingerprint density at radius 2 is 1.83 bits per heavy atom. The molecule has 0 spiro atoms. The van der Waals surface area contributed by atoms with E-state index in [4.69, 9.17) is 0 Å². The molecule has 0 bridgehead atoms. The quantitative estimate of drug-likeness (QED) is 0.415. The van der Waals surface area contributed by atoms with Crippen LogP contribution in [0.3, 0.4) is 0 Å². The van der Waals surface area contributed by atoms with Crippen LogP contribution in [-0.2, 0) is 4.79 Å². The zero-order chi connectivity index (χ0) is 24.9. The van der Waals surface area contributed by atoms with Crippen molar-refractivity contribution in [1.29, 1.82) is 0 Å². The molecule has 2 aromatic carbocycles. The first-order valence-electron chi connectivity index (χ1n) is 12.0. The van der Waals surface area contributed by atoms with E-state index in [-0.39, 0.29) is 28.9 Å². The first-order valence-corrected chi connectivity index (χ1v) is 12.0. The Morgan fingerprint density at radius 1 is 1.14 bits per heavy atom. The maximum absolute atomic E-state index is 12.1. The second-order valence-corrected chi connectivity index (χ2v) is 9.27. The van der Waals surface area contributed by atoms with Gasteiger partial charge in [-0.15, -0.1) is 0 Å². The summed E-state index contributed by atoms with van der Waals surface area (Å²) in [6.45, 7) is 5.34. The molecule has 2 heterocycles. The zero-order valence-electron chi connectivity index (χ0n) is 20.1. The molecule has 1 fully saturated rings. The number of nitrogens with one attached hydrogen (secondary N) is 1. The van der Waals surface area contributed by atoms with Crippen molar-refractivity contribution < 1.29 is 14.8 Å². The van der Waals surface area contributed by atoms with Crippen LogP contribution in [0.2, 0.25) is 0 Å². The van der Waals surface area contributed by atoms with Crippen molar-refractivity contribution in [2.24, 2.45) is 5.92 Å². The lowest BCUT2D eigenvalue weighted by Gasteiger charge is -2.32. The molecule has 1 unspecified atom stereocenters. The Hall–Kier alpha value is -3.87. The third-order valence-corrected chi connectivity index (χ3v) is 6.97. The number of aryl methyl sites for hydroxylation is 1. The number of nitro groups is 1. The van der Waals surface area contributed by atoms with Crippen LogP contribution in [-0.4, -0.2) is 29.1 Å². The molecule has 0 aliphatic carbocycles. The largest absolute Gasteiger partial charge is 0.481 e. The number of carboxylic acids is 1. The number of nitrogens with zero attached hydrogens (tertiary/aromatic N) is 2. The van der Waals surface area contributed by atoms with Gasteiger partial charge < -0.3 is 15.3 Å². The van der Waals surface area contributed by atoms with E-state index in [0.717, 1.165) is 28.1 Å². The van der Waals surface area contributed by atoms with E-state index in [1.165, 1.54) is 0 Å². The van der Waals surface area contributed by atoms with Crippen molar-refractivity contribution in [3.63, 3.8) is 0 Å². The number of piperidine rings is 1. The molecule has 7 nitrogen and oxygen atoms in total. The number of rotatable bonds is 7. The number of carbonyl (C=O) groups is 1. The van der Waals surface area contributed by atoms with Gasteiger partial charge in [0, 0.05) is 36.6 Å². The fourth-order valence-electron chi connectivity index (χ4n) is 4.94. The summed E-state index contributed by atoms with van der Waals surface area (Å²) in [5.74, 6) is -1.16. The highest BCUT2D eigenvalue weighted by Crippen LogP contribution is 2.36. The molecular weight excluding hydrogens is 442 g/mol. The van der Waals surface area contributed by atoms with Gasteiger partial charge in [-0.05, 0) is 67.7 Å². The first-order chi connectivity index (χ1) is 16.8. The lowest BCUT2D eigenvalue weighted by atomic mass is 9.84. The van der Waals surface area contributed by atoms with Crippen molar-refractivity contribution in [3.8, 4) is 0 Å². The van der Waals surface area contributed by atoms with Crippen LogP contribution in [0.4, 0.5) is 5.69 Å². The van der Waals surface area contributed by atoms with E-state index in [2.05, 4.69) is 34.5 Å². The van der Waals surface area contributed by atoms with Crippen molar-refractivity contribution in [2.45, 2.75) is 39.0 Å².